The number of benzene rings is 2. The standard InChI is InChI=1S/C19H19N5O2/c1-24(11-10-18-20-22-23-21-18)19(25)12-15-13-6-2-4-8-16(13)26-17-9-5-3-7-14(15)17/h2-9,15H,10-12H2,1H3,(H,20,21,22,23). The molecule has 1 aliphatic rings. The molecule has 7 nitrogen and oxygen atoms in total. The van der Waals surface area contributed by atoms with E-state index >= 15 is 0 Å². The van der Waals surface area contributed by atoms with Gasteiger partial charge in [0.25, 0.3) is 0 Å². The molecule has 0 atom stereocenters. The number of H-pyrrole nitrogens is 1. The van der Waals surface area contributed by atoms with E-state index in [4.69, 9.17) is 4.74 Å². The first-order chi connectivity index (χ1) is 12.7. The first-order valence-corrected chi connectivity index (χ1v) is 8.54. The third-order valence-electron chi connectivity index (χ3n) is 4.67. The number of para-hydroxylation sites is 2. The summed E-state index contributed by atoms with van der Waals surface area (Å²) in [6.07, 6.45) is 0.958. The zero-order chi connectivity index (χ0) is 17.9. The fraction of sp³-hybridized carbons (Fsp3) is 0.263. The summed E-state index contributed by atoms with van der Waals surface area (Å²) in [6.45, 7) is 0.547. The number of rotatable bonds is 5. The molecule has 0 spiro atoms. The number of hydrogen-bond donors (Lipinski definition) is 1. The maximum absolute atomic E-state index is 12.8. The summed E-state index contributed by atoms with van der Waals surface area (Å²) in [5.41, 5.74) is 2.09. The fourth-order valence-corrected chi connectivity index (χ4v) is 3.24. The SMILES string of the molecule is CN(CCc1nn[nH]n1)C(=O)CC1c2ccccc2Oc2ccccc21. The zero-order valence-electron chi connectivity index (χ0n) is 14.4. The second kappa shape index (κ2) is 6.95. The summed E-state index contributed by atoms with van der Waals surface area (Å²) in [7, 11) is 1.81. The Labute approximate surface area is 151 Å². The van der Waals surface area contributed by atoms with Crippen LogP contribution in [0, 0.1) is 0 Å². The number of aromatic nitrogens is 4. The Morgan fingerprint density at radius 2 is 1.77 bits per heavy atom. The summed E-state index contributed by atoms with van der Waals surface area (Å²) >= 11 is 0. The Bertz CT molecular complexity index is 864. The van der Waals surface area contributed by atoms with Crippen molar-refractivity contribution in [1.29, 1.82) is 0 Å². The molecule has 0 unspecified atom stereocenters. The van der Waals surface area contributed by atoms with Crippen LogP contribution in [0.1, 0.15) is 29.3 Å². The van der Waals surface area contributed by atoms with Gasteiger partial charge in [-0.25, -0.2) is 0 Å². The second-order valence-electron chi connectivity index (χ2n) is 6.33. The molecule has 0 saturated heterocycles. The molecule has 2 heterocycles. The first-order valence-electron chi connectivity index (χ1n) is 8.54. The Hall–Kier alpha value is -3.22. The highest BCUT2D eigenvalue weighted by atomic mass is 16.5. The van der Waals surface area contributed by atoms with Gasteiger partial charge >= 0.3 is 0 Å². The molecule has 0 radical (unpaired) electrons. The van der Waals surface area contributed by atoms with Gasteiger partial charge in [0.2, 0.25) is 5.91 Å². The van der Waals surface area contributed by atoms with Crippen molar-refractivity contribution >= 4 is 5.91 Å². The van der Waals surface area contributed by atoms with Gasteiger partial charge in [0.15, 0.2) is 5.82 Å². The number of hydrogen-bond acceptors (Lipinski definition) is 5. The van der Waals surface area contributed by atoms with Crippen LogP contribution in [0.15, 0.2) is 48.5 Å². The molecule has 1 aliphatic heterocycles. The molecule has 1 aromatic heterocycles. The van der Waals surface area contributed by atoms with Gasteiger partial charge in [-0.1, -0.05) is 41.6 Å². The van der Waals surface area contributed by atoms with Crippen LogP contribution in [0.5, 0.6) is 11.5 Å². The highest BCUT2D eigenvalue weighted by molar-refractivity contribution is 5.78. The van der Waals surface area contributed by atoms with Crippen LogP contribution >= 0.6 is 0 Å². The van der Waals surface area contributed by atoms with E-state index in [2.05, 4.69) is 20.6 Å². The Balaban J connectivity index is 1.53. The predicted octanol–water partition coefficient (Wildman–Crippen LogP) is 2.53. The minimum Gasteiger partial charge on any atom is -0.457 e. The van der Waals surface area contributed by atoms with Gasteiger partial charge < -0.3 is 9.64 Å². The van der Waals surface area contributed by atoms with E-state index in [0.29, 0.717) is 25.2 Å². The summed E-state index contributed by atoms with van der Waals surface area (Å²) in [5.74, 6) is 2.30. The van der Waals surface area contributed by atoms with Crippen molar-refractivity contribution in [3.63, 3.8) is 0 Å². The molecule has 3 aromatic rings. The van der Waals surface area contributed by atoms with Crippen molar-refractivity contribution in [3.8, 4) is 11.5 Å². The number of aromatic amines is 1. The van der Waals surface area contributed by atoms with Crippen molar-refractivity contribution < 1.29 is 9.53 Å². The minimum absolute atomic E-state index is 0.0173. The van der Waals surface area contributed by atoms with Crippen molar-refractivity contribution in [2.24, 2.45) is 0 Å². The van der Waals surface area contributed by atoms with Crippen molar-refractivity contribution in [2.75, 3.05) is 13.6 Å². The van der Waals surface area contributed by atoms with Crippen LogP contribution in [0.2, 0.25) is 0 Å². The van der Waals surface area contributed by atoms with E-state index in [1.54, 1.807) is 11.9 Å². The number of fused-ring (bicyclic) bond motifs is 2. The van der Waals surface area contributed by atoms with E-state index in [0.717, 1.165) is 22.6 Å². The molecular formula is C19H19N5O2. The second-order valence-corrected chi connectivity index (χ2v) is 6.33. The molecule has 0 fully saturated rings. The van der Waals surface area contributed by atoms with Crippen LogP contribution in [-0.4, -0.2) is 45.0 Å². The van der Waals surface area contributed by atoms with Crippen molar-refractivity contribution in [2.45, 2.75) is 18.8 Å². The Morgan fingerprint density at radius 3 is 2.38 bits per heavy atom. The Kier molecular flexibility index (Phi) is 4.35. The van der Waals surface area contributed by atoms with Crippen LogP contribution in [-0.2, 0) is 11.2 Å². The van der Waals surface area contributed by atoms with Gasteiger partial charge in [0, 0.05) is 43.5 Å². The highest BCUT2D eigenvalue weighted by Gasteiger charge is 2.29. The molecule has 4 rings (SSSR count). The van der Waals surface area contributed by atoms with Crippen LogP contribution in [0.3, 0.4) is 0 Å². The van der Waals surface area contributed by atoms with Gasteiger partial charge in [-0.3, -0.25) is 4.79 Å². The smallest absolute Gasteiger partial charge is 0.223 e. The molecule has 7 heteroatoms. The number of nitrogens with one attached hydrogen (secondary N) is 1. The number of nitrogens with zero attached hydrogens (tertiary/aromatic N) is 4. The number of carbonyl (C=O) groups excluding carboxylic acids is 1. The average molecular weight is 349 g/mol. The van der Waals surface area contributed by atoms with Crippen LogP contribution in [0.4, 0.5) is 0 Å². The largest absolute Gasteiger partial charge is 0.457 e. The van der Waals surface area contributed by atoms with Gasteiger partial charge in [-0.05, 0) is 12.1 Å². The third-order valence-corrected chi connectivity index (χ3v) is 4.67. The maximum Gasteiger partial charge on any atom is 0.223 e. The van der Waals surface area contributed by atoms with Crippen LogP contribution < -0.4 is 4.74 Å². The highest BCUT2D eigenvalue weighted by Crippen LogP contribution is 2.45. The van der Waals surface area contributed by atoms with Gasteiger partial charge in [-0.15, -0.1) is 10.2 Å². The summed E-state index contributed by atoms with van der Waals surface area (Å²) in [4.78, 5) is 14.5. The summed E-state index contributed by atoms with van der Waals surface area (Å²) in [6, 6.07) is 15.8. The average Bonchev–Trinajstić information content (AvgIpc) is 3.19. The minimum atomic E-state index is -0.0173. The van der Waals surface area contributed by atoms with Crippen molar-refractivity contribution in [1.82, 2.24) is 25.5 Å². The molecule has 0 bridgehead atoms. The summed E-state index contributed by atoms with van der Waals surface area (Å²) in [5, 5.41) is 13.8. The maximum atomic E-state index is 12.8. The van der Waals surface area contributed by atoms with Gasteiger partial charge in [0.05, 0.1) is 0 Å². The summed E-state index contributed by atoms with van der Waals surface area (Å²) < 4.78 is 5.99. The fourth-order valence-electron chi connectivity index (χ4n) is 3.24. The van der Waals surface area contributed by atoms with E-state index in [1.165, 1.54) is 0 Å². The number of likely N-dealkylation sites (N-methyl/N-ethyl adjacent to an activating group) is 1. The molecular weight excluding hydrogens is 330 g/mol. The lowest BCUT2D eigenvalue weighted by molar-refractivity contribution is -0.130. The normalized spacial score (nSPS) is 12.8. The molecule has 0 saturated carbocycles. The molecule has 0 aliphatic carbocycles. The lowest BCUT2D eigenvalue weighted by Gasteiger charge is -2.29. The van der Waals surface area contributed by atoms with E-state index in [-0.39, 0.29) is 11.8 Å². The number of tetrazole rings is 1. The third kappa shape index (κ3) is 3.15. The Morgan fingerprint density at radius 1 is 1.12 bits per heavy atom. The van der Waals surface area contributed by atoms with Crippen LogP contribution in [0.25, 0.3) is 0 Å². The number of carbonyl (C=O) groups is 1. The zero-order valence-corrected chi connectivity index (χ0v) is 14.4. The molecule has 2 aromatic carbocycles. The molecule has 1 N–H and O–H groups in total. The van der Waals surface area contributed by atoms with E-state index in [1.807, 2.05) is 48.5 Å². The first kappa shape index (κ1) is 16.3. The van der Waals surface area contributed by atoms with Gasteiger partial charge in [-0.2, -0.15) is 5.21 Å². The molecule has 1 amide bonds. The predicted molar refractivity (Wildman–Crippen MR) is 94.9 cm³/mol. The number of ether oxygens (including phenoxy) is 1. The van der Waals surface area contributed by atoms with Crippen molar-refractivity contribution in [3.05, 3.63) is 65.5 Å². The molecule has 132 valence electrons. The van der Waals surface area contributed by atoms with Gasteiger partial charge in [0.1, 0.15) is 11.5 Å². The van der Waals surface area contributed by atoms with E-state index < -0.39 is 0 Å². The lowest BCUT2D eigenvalue weighted by Crippen LogP contribution is -2.30. The van der Waals surface area contributed by atoms with E-state index in [9.17, 15) is 4.79 Å². The quantitative estimate of drug-likeness (QED) is 0.765. The lowest BCUT2D eigenvalue weighted by atomic mass is 9.85. The number of amides is 1. The monoisotopic (exact) mass is 349 g/mol. The molecule has 26 heavy (non-hydrogen) atoms. The topological polar surface area (TPSA) is 84.0 Å².